The number of anilines is 1. The van der Waals surface area contributed by atoms with Crippen molar-refractivity contribution in [1.82, 2.24) is 9.38 Å². The maximum absolute atomic E-state index is 6.06. The summed E-state index contributed by atoms with van der Waals surface area (Å²) in [5, 5.41) is 3.20. The molecule has 0 radical (unpaired) electrons. The van der Waals surface area contributed by atoms with E-state index in [0.717, 1.165) is 29.5 Å². The molecule has 4 nitrogen and oxygen atoms in total. The number of nitrogens with one attached hydrogen (secondary N) is 1. The zero-order chi connectivity index (χ0) is 13.9. The molecule has 0 aliphatic heterocycles. The summed E-state index contributed by atoms with van der Waals surface area (Å²) in [7, 11) is 1.92. The van der Waals surface area contributed by atoms with Crippen molar-refractivity contribution >= 4 is 11.5 Å². The summed E-state index contributed by atoms with van der Waals surface area (Å²) in [6, 6.07) is 4.04. The molecule has 1 saturated carbocycles. The predicted octanol–water partition coefficient (Wildman–Crippen LogP) is 3.64. The molecule has 0 bridgehead atoms. The molecule has 108 valence electrons. The highest BCUT2D eigenvalue weighted by molar-refractivity contribution is 5.62. The third-order valence-corrected chi connectivity index (χ3v) is 4.22. The lowest BCUT2D eigenvalue weighted by atomic mass is 9.90. The molecule has 1 fully saturated rings. The summed E-state index contributed by atoms with van der Waals surface area (Å²) in [5.74, 6) is 2.63. The Morgan fingerprint density at radius 2 is 2.15 bits per heavy atom. The van der Waals surface area contributed by atoms with Gasteiger partial charge in [-0.3, -0.25) is 4.40 Å². The van der Waals surface area contributed by atoms with Crippen LogP contribution in [0.15, 0.2) is 18.3 Å². The molecule has 3 rings (SSSR count). The van der Waals surface area contributed by atoms with Gasteiger partial charge in [0, 0.05) is 13.2 Å². The third-order valence-electron chi connectivity index (χ3n) is 4.22. The number of rotatable bonds is 4. The van der Waals surface area contributed by atoms with Gasteiger partial charge in [-0.25, -0.2) is 4.98 Å². The summed E-state index contributed by atoms with van der Waals surface area (Å²) < 4.78 is 8.12. The Hall–Kier alpha value is -1.71. The van der Waals surface area contributed by atoms with Crippen LogP contribution in [-0.4, -0.2) is 23.0 Å². The van der Waals surface area contributed by atoms with Crippen LogP contribution in [0.2, 0.25) is 0 Å². The van der Waals surface area contributed by atoms with E-state index in [9.17, 15) is 0 Å². The molecule has 2 aromatic rings. The monoisotopic (exact) mass is 273 g/mol. The fourth-order valence-corrected chi connectivity index (χ4v) is 3.13. The number of hydrogen-bond acceptors (Lipinski definition) is 3. The molecule has 0 saturated heterocycles. The van der Waals surface area contributed by atoms with Gasteiger partial charge in [-0.05, 0) is 37.8 Å². The number of imidazole rings is 1. The highest BCUT2D eigenvalue weighted by Gasteiger charge is 2.16. The van der Waals surface area contributed by atoms with Crippen molar-refractivity contribution in [2.45, 2.75) is 39.0 Å². The second kappa shape index (κ2) is 5.73. The largest absolute Gasteiger partial charge is 0.489 e. The van der Waals surface area contributed by atoms with Crippen LogP contribution in [0.1, 0.15) is 37.8 Å². The van der Waals surface area contributed by atoms with E-state index < -0.39 is 0 Å². The first kappa shape index (κ1) is 13.3. The van der Waals surface area contributed by atoms with Crippen LogP contribution in [-0.2, 0) is 0 Å². The molecule has 2 aromatic heterocycles. The van der Waals surface area contributed by atoms with Crippen molar-refractivity contribution in [3.8, 4) is 5.75 Å². The Labute approximate surface area is 120 Å². The van der Waals surface area contributed by atoms with Gasteiger partial charge < -0.3 is 10.1 Å². The van der Waals surface area contributed by atoms with E-state index in [2.05, 4.69) is 14.7 Å². The molecule has 2 heterocycles. The minimum atomic E-state index is 0.712. The first-order chi connectivity index (χ1) is 9.79. The number of ether oxygens (including phenoxy) is 1. The summed E-state index contributed by atoms with van der Waals surface area (Å²) in [4.78, 5) is 4.62. The van der Waals surface area contributed by atoms with Crippen LogP contribution in [0.3, 0.4) is 0 Å². The number of aromatic nitrogens is 2. The topological polar surface area (TPSA) is 38.6 Å². The Balaban J connectivity index is 1.80. The first-order valence-corrected chi connectivity index (χ1v) is 7.58. The van der Waals surface area contributed by atoms with Crippen molar-refractivity contribution in [3.63, 3.8) is 0 Å². The average molecular weight is 273 g/mol. The van der Waals surface area contributed by atoms with E-state index >= 15 is 0 Å². The first-order valence-electron chi connectivity index (χ1n) is 7.58. The van der Waals surface area contributed by atoms with Crippen LogP contribution in [0, 0.1) is 12.8 Å². The second-order valence-corrected chi connectivity index (χ2v) is 5.68. The maximum atomic E-state index is 6.06. The average Bonchev–Trinajstić information content (AvgIpc) is 2.82. The lowest BCUT2D eigenvalue weighted by molar-refractivity contribution is 0.210. The highest BCUT2D eigenvalue weighted by atomic mass is 16.5. The van der Waals surface area contributed by atoms with E-state index in [-0.39, 0.29) is 0 Å². The standard InChI is InChI=1S/C16H23N3O/c1-12-15(17-2)19-10-6-9-14(16(19)18-12)20-11-13-7-4-3-5-8-13/h6,9-10,13,17H,3-5,7-8,11H2,1-2H3. The molecule has 0 atom stereocenters. The lowest BCUT2D eigenvalue weighted by Gasteiger charge is -2.21. The quantitative estimate of drug-likeness (QED) is 0.924. The molecule has 1 N–H and O–H groups in total. The van der Waals surface area contributed by atoms with Gasteiger partial charge in [-0.15, -0.1) is 0 Å². The Bertz CT molecular complexity index is 585. The van der Waals surface area contributed by atoms with Gasteiger partial charge in [0.2, 0.25) is 0 Å². The number of pyridine rings is 1. The van der Waals surface area contributed by atoms with Gasteiger partial charge in [0.25, 0.3) is 0 Å². The Morgan fingerprint density at radius 1 is 1.35 bits per heavy atom. The normalized spacial score (nSPS) is 16.5. The van der Waals surface area contributed by atoms with E-state index in [1.54, 1.807) is 0 Å². The summed E-state index contributed by atoms with van der Waals surface area (Å²) in [6.07, 6.45) is 8.72. The summed E-state index contributed by atoms with van der Waals surface area (Å²) >= 11 is 0. The zero-order valence-corrected chi connectivity index (χ0v) is 12.4. The van der Waals surface area contributed by atoms with Gasteiger partial charge in [-0.1, -0.05) is 19.3 Å². The Morgan fingerprint density at radius 3 is 2.90 bits per heavy atom. The summed E-state index contributed by atoms with van der Waals surface area (Å²) in [5.41, 5.74) is 1.91. The third kappa shape index (κ3) is 2.47. The van der Waals surface area contributed by atoms with Gasteiger partial charge in [0.05, 0.1) is 12.3 Å². The SMILES string of the molecule is CNc1c(C)nc2c(OCC3CCCCC3)cccn12. The lowest BCUT2D eigenvalue weighted by Crippen LogP contribution is -2.15. The van der Waals surface area contributed by atoms with Crippen LogP contribution < -0.4 is 10.1 Å². The predicted molar refractivity (Wildman–Crippen MR) is 81.5 cm³/mol. The fraction of sp³-hybridized carbons (Fsp3) is 0.562. The number of fused-ring (bicyclic) bond motifs is 1. The molecule has 4 heteroatoms. The molecular formula is C16H23N3O. The molecule has 0 amide bonds. The van der Waals surface area contributed by atoms with E-state index in [4.69, 9.17) is 4.74 Å². The van der Waals surface area contributed by atoms with Crippen molar-refractivity contribution in [2.24, 2.45) is 5.92 Å². The van der Waals surface area contributed by atoms with E-state index in [1.807, 2.05) is 32.3 Å². The molecule has 1 aliphatic carbocycles. The van der Waals surface area contributed by atoms with Gasteiger partial charge in [0.1, 0.15) is 5.82 Å². The van der Waals surface area contributed by atoms with Crippen molar-refractivity contribution in [3.05, 3.63) is 24.0 Å². The van der Waals surface area contributed by atoms with E-state index in [1.165, 1.54) is 32.1 Å². The maximum Gasteiger partial charge on any atom is 0.181 e. The summed E-state index contributed by atoms with van der Waals surface area (Å²) in [6.45, 7) is 2.84. The van der Waals surface area contributed by atoms with Crippen LogP contribution in [0.25, 0.3) is 5.65 Å². The number of nitrogens with zero attached hydrogens (tertiary/aromatic N) is 2. The Kier molecular flexibility index (Phi) is 3.81. The zero-order valence-electron chi connectivity index (χ0n) is 12.4. The van der Waals surface area contributed by atoms with Gasteiger partial charge in [-0.2, -0.15) is 0 Å². The number of aryl methyl sites for hydroxylation is 1. The second-order valence-electron chi connectivity index (χ2n) is 5.68. The minimum Gasteiger partial charge on any atom is -0.489 e. The highest BCUT2D eigenvalue weighted by Crippen LogP contribution is 2.28. The number of hydrogen-bond donors (Lipinski definition) is 1. The van der Waals surface area contributed by atoms with Crippen molar-refractivity contribution < 1.29 is 4.74 Å². The minimum absolute atomic E-state index is 0.712. The van der Waals surface area contributed by atoms with Crippen LogP contribution in [0.4, 0.5) is 5.82 Å². The van der Waals surface area contributed by atoms with E-state index in [0.29, 0.717) is 5.92 Å². The van der Waals surface area contributed by atoms with Gasteiger partial charge >= 0.3 is 0 Å². The molecule has 0 aromatic carbocycles. The smallest absolute Gasteiger partial charge is 0.181 e. The molecule has 20 heavy (non-hydrogen) atoms. The molecule has 0 unspecified atom stereocenters. The van der Waals surface area contributed by atoms with Crippen molar-refractivity contribution in [2.75, 3.05) is 19.0 Å². The van der Waals surface area contributed by atoms with Crippen LogP contribution in [0.5, 0.6) is 5.75 Å². The van der Waals surface area contributed by atoms with Crippen LogP contribution >= 0.6 is 0 Å². The molecular weight excluding hydrogens is 250 g/mol. The van der Waals surface area contributed by atoms with Gasteiger partial charge in [0.15, 0.2) is 11.4 Å². The van der Waals surface area contributed by atoms with Crippen molar-refractivity contribution in [1.29, 1.82) is 0 Å². The molecule has 1 aliphatic rings. The fourth-order valence-electron chi connectivity index (χ4n) is 3.13. The molecule has 0 spiro atoms.